The Morgan fingerprint density at radius 1 is 0.941 bits per heavy atom. The van der Waals surface area contributed by atoms with Crippen molar-refractivity contribution in [1.82, 2.24) is 24.8 Å². The first kappa shape index (κ1) is 20.9. The van der Waals surface area contributed by atoms with E-state index in [2.05, 4.69) is 25.6 Å². The first-order valence-electron chi connectivity index (χ1n) is 10.3. The molecule has 10 nitrogen and oxygen atoms in total. The van der Waals surface area contributed by atoms with Gasteiger partial charge in [-0.1, -0.05) is 30.3 Å². The zero-order chi connectivity index (χ0) is 23.5. The Morgan fingerprint density at radius 2 is 1.79 bits per heavy atom. The quantitative estimate of drug-likeness (QED) is 0.306. The van der Waals surface area contributed by atoms with E-state index in [-0.39, 0.29) is 18.0 Å². The summed E-state index contributed by atoms with van der Waals surface area (Å²) in [7, 11) is 0. The molecule has 0 radical (unpaired) electrons. The number of benzene rings is 2. The number of hydrogen-bond acceptors (Lipinski definition) is 7. The zero-order valence-electron chi connectivity index (χ0n) is 17.7. The summed E-state index contributed by atoms with van der Waals surface area (Å²) in [6, 6.07) is 22.4. The summed E-state index contributed by atoms with van der Waals surface area (Å²) in [5.74, 6) is 0.302. The molecule has 3 heterocycles. The highest BCUT2D eigenvalue weighted by molar-refractivity contribution is 5.92. The molecule has 3 aromatic heterocycles. The topological polar surface area (TPSA) is 128 Å². The van der Waals surface area contributed by atoms with E-state index in [1.807, 2.05) is 48.5 Å². The van der Waals surface area contributed by atoms with Crippen molar-refractivity contribution in [3.05, 3.63) is 101 Å². The van der Waals surface area contributed by atoms with Crippen molar-refractivity contribution >= 4 is 22.9 Å². The summed E-state index contributed by atoms with van der Waals surface area (Å²) in [5.41, 5.74) is 4.01. The van der Waals surface area contributed by atoms with Crippen LogP contribution in [0.3, 0.4) is 0 Å². The summed E-state index contributed by atoms with van der Waals surface area (Å²) in [6.07, 6.45) is 1.78. The second kappa shape index (κ2) is 8.87. The summed E-state index contributed by atoms with van der Waals surface area (Å²) in [5, 5.41) is 26.7. The summed E-state index contributed by atoms with van der Waals surface area (Å²) in [6.45, 7) is 0. The largest absolute Gasteiger partial charge is 0.326 e. The molecule has 0 saturated carbocycles. The van der Waals surface area contributed by atoms with Crippen molar-refractivity contribution in [2.24, 2.45) is 0 Å². The van der Waals surface area contributed by atoms with Crippen molar-refractivity contribution < 1.29 is 9.72 Å². The lowest BCUT2D eigenvalue weighted by molar-refractivity contribution is -0.384. The molecule has 0 aliphatic rings. The predicted octanol–water partition coefficient (Wildman–Crippen LogP) is 3.94. The average Bonchev–Trinajstić information content (AvgIpc) is 3.28. The van der Waals surface area contributed by atoms with Crippen LogP contribution >= 0.6 is 0 Å². The number of aromatic nitrogens is 5. The number of anilines is 1. The van der Waals surface area contributed by atoms with Gasteiger partial charge in [-0.3, -0.25) is 19.9 Å². The van der Waals surface area contributed by atoms with Crippen LogP contribution in [0.4, 0.5) is 11.4 Å². The summed E-state index contributed by atoms with van der Waals surface area (Å²) >= 11 is 0. The lowest BCUT2D eigenvalue weighted by Gasteiger charge is -2.08. The fraction of sp³-hybridized carbons (Fsp3) is 0.0417. The molecule has 0 saturated heterocycles. The van der Waals surface area contributed by atoms with Crippen LogP contribution in [0.1, 0.15) is 5.56 Å². The highest BCUT2D eigenvalue weighted by Crippen LogP contribution is 2.23. The van der Waals surface area contributed by atoms with Gasteiger partial charge in [-0.25, -0.2) is 0 Å². The van der Waals surface area contributed by atoms with Crippen LogP contribution < -0.4 is 5.32 Å². The number of pyridine rings is 1. The molecule has 1 amide bonds. The van der Waals surface area contributed by atoms with Crippen molar-refractivity contribution in [3.8, 4) is 22.8 Å². The predicted molar refractivity (Wildman–Crippen MR) is 125 cm³/mol. The first-order chi connectivity index (χ1) is 16.6. The van der Waals surface area contributed by atoms with Gasteiger partial charge in [0.1, 0.15) is 5.69 Å². The summed E-state index contributed by atoms with van der Waals surface area (Å²) < 4.78 is 1.64. The van der Waals surface area contributed by atoms with Crippen molar-refractivity contribution in [2.75, 3.05) is 5.32 Å². The van der Waals surface area contributed by atoms with E-state index in [0.29, 0.717) is 34.1 Å². The maximum absolute atomic E-state index is 12.5. The lowest BCUT2D eigenvalue weighted by Crippen LogP contribution is -2.14. The number of hydrogen-bond donors (Lipinski definition) is 1. The van der Waals surface area contributed by atoms with Gasteiger partial charge < -0.3 is 5.32 Å². The van der Waals surface area contributed by atoms with Gasteiger partial charge in [-0.05, 0) is 42.0 Å². The van der Waals surface area contributed by atoms with Gasteiger partial charge in [0, 0.05) is 29.6 Å². The van der Waals surface area contributed by atoms with E-state index in [0.717, 1.165) is 5.56 Å². The van der Waals surface area contributed by atoms with Gasteiger partial charge in [-0.2, -0.15) is 9.61 Å². The number of rotatable bonds is 6. The second-order valence-electron chi connectivity index (χ2n) is 7.46. The minimum absolute atomic E-state index is 0.0133. The molecule has 0 aliphatic heterocycles. The number of non-ortho nitro benzene ring substituents is 1. The van der Waals surface area contributed by atoms with Crippen LogP contribution in [0.25, 0.3) is 28.4 Å². The molecule has 166 valence electrons. The normalized spacial score (nSPS) is 10.8. The molecule has 5 rings (SSSR count). The number of fused-ring (bicyclic) bond motifs is 1. The van der Waals surface area contributed by atoms with Gasteiger partial charge in [0.25, 0.3) is 5.69 Å². The van der Waals surface area contributed by atoms with Gasteiger partial charge in [0.05, 0.1) is 17.0 Å². The number of nitro benzene ring substituents is 1. The molecule has 0 bridgehead atoms. The maximum atomic E-state index is 12.5. The van der Waals surface area contributed by atoms with Gasteiger partial charge in [0.2, 0.25) is 11.7 Å². The van der Waals surface area contributed by atoms with Crippen LogP contribution in [0.15, 0.2) is 85.1 Å². The molecule has 10 heteroatoms. The molecule has 0 spiro atoms. The van der Waals surface area contributed by atoms with Gasteiger partial charge >= 0.3 is 0 Å². The van der Waals surface area contributed by atoms with Crippen molar-refractivity contribution in [2.45, 2.75) is 6.42 Å². The molecule has 5 aromatic rings. The third-order valence-corrected chi connectivity index (χ3v) is 5.11. The molecular formula is C24H17N7O3. The minimum atomic E-state index is -0.472. The Balaban J connectivity index is 1.36. The van der Waals surface area contributed by atoms with Crippen molar-refractivity contribution in [1.29, 1.82) is 0 Å². The maximum Gasteiger partial charge on any atom is 0.269 e. The van der Waals surface area contributed by atoms with E-state index >= 15 is 0 Å². The van der Waals surface area contributed by atoms with Crippen LogP contribution in [0.2, 0.25) is 0 Å². The molecule has 2 aromatic carbocycles. The van der Waals surface area contributed by atoms with E-state index in [1.54, 1.807) is 28.9 Å². The van der Waals surface area contributed by atoms with E-state index in [1.165, 1.54) is 12.1 Å². The van der Waals surface area contributed by atoms with Gasteiger partial charge in [0.15, 0.2) is 5.65 Å². The van der Waals surface area contributed by atoms with Crippen molar-refractivity contribution in [3.63, 3.8) is 0 Å². The number of nitrogens with zero attached hydrogens (tertiary/aromatic N) is 6. The molecule has 1 N–H and O–H groups in total. The number of nitrogens with one attached hydrogen (secondary N) is 1. The lowest BCUT2D eigenvalue weighted by atomic mass is 10.1. The minimum Gasteiger partial charge on any atom is -0.326 e. The Bertz CT molecular complexity index is 1500. The highest BCUT2D eigenvalue weighted by atomic mass is 16.6. The Morgan fingerprint density at radius 3 is 2.56 bits per heavy atom. The smallest absolute Gasteiger partial charge is 0.269 e. The first-order valence-corrected chi connectivity index (χ1v) is 10.3. The molecule has 0 fully saturated rings. The third-order valence-electron chi connectivity index (χ3n) is 5.11. The average molecular weight is 451 g/mol. The standard InChI is InChI=1S/C24H17N7O3/c32-23(14-16-7-9-19(10-8-16)31(33)34)26-18-5-3-4-17(15-18)20-11-12-22-27-28-24(30(22)29-20)21-6-1-2-13-25-21/h1-13,15H,14H2,(H,26,32). The van der Waals surface area contributed by atoms with Crippen LogP contribution in [-0.4, -0.2) is 35.6 Å². The highest BCUT2D eigenvalue weighted by Gasteiger charge is 2.12. The molecular weight excluding hydrogens is 434 g/mol. The monoisotopic (exact) mass is 451 g/mol. The Hall–Kier alpha value is -4.99. The van der Waals surface area contributed by atoms with Crippen LogP contribution in [0, 0.1) is 10.1 Å². The Labute approximate surface area is 193 Å². The number of carbonyl (C=O) groups is 1. The van der Waals surface area contributed by atoms with E-state index in [9.17, 15) is 14.9 Å². The van der Waals surface area contributed by atoms with E-state index < -0.39 is 4.92 Å². The fourth-order valence-electron chi connectivity index (χ4n) is 3.48. The SMILES string of the molecule is O=C(Cc1ccc([N+](=O)[O-])cc1)Nc1cccc(-c2ccc3nnc(-c4ccccn4)n3n2)c1. The summed E-state index contributed by atoms with van der Waals surface area (Å²) in [4.78, 5) is 27.1. The zero-order valence-corrected chi connectivity index (χ0v) is 17.7. The molecule has 0 atom stereocenters. The second-order valence-corrected chi connectivity index (χ2v) is 7.46. The van der Waals surface area contributed by atoms with E-state index in [4.69, 9.17) is 0 Å². The Kier molecular flexibility index (Phi) is 5.45. The molecule has 0 unspecified atom stereocenters. The van der Waals surface area contributed by atoms with Crippen LogP contribution in [0.5, 0.6) is 0 Å². The fourth-order valence-corrected chi connectivity index (χ4v) is 3.48. The van der Waals surface area contributed by atoms with Gasteiger partial charge in [-0.15, -0.1) is 10.2 Å². The molecule has 0 aliphatic carbocycles. The number of carbonyl (C=O) groups excluding carboxylic acids is 1. The number of amides is 1. The van der Waals surface area contributed by atoms with Crippen LogP contribution in [-0.2, 0) is 11.2 Å². The third kappa shape index (κ3) is 4.32. The number of nitro groups is 1. The molecule has 34 heavy (non-hydrogen) atoms.